The highest BCUT2D eigenvalue weighted by Crippen LogP contribution is 2.21. The second kappa shape index (κ2) is 7.88. The van der Waals surface area contributed by atoms with Crippen molar-refractivity contribution in [1.29, 1.82) is 0 Å². The van der Waals surface area contributed by atoms with Crippen molar-refractivity contribution >= 4 is 16.7 Å². The minimum Gasteiger partial charge on any atom is -0.462 e. The van der Waals surface area contributed by atoms with Crippen molar-refractivity contribution in [3.63, 3.8) is 0 Å². The van der Waals surface area contributed by atoms with Gasteiger partial charge in [-0.1, -0.05) is 84.9 Å². The Morgan fingerprint density at radius 2 is 1.33 bits per heavy atom. The minimum atomic E-state index is -0.283. The number of benzene rings is 4. The van der Waals surface area contributed by atoms with E-state index in [4.69, 9.17) is 4.74 Å². The first-order valence-electron chi connectivity index (χ1n) is 9.10. The maximum absolute atomic E-state index is 12.3. The van der Waals surface area contributed by atoms with Crippen LogP contribution in [-0.2, 0) is 11.2 Å². The van der Waals surface area contributed by atoms with Gasteiger partial charge >= 0.3 is 5.97 Å². The lowest BCUT2D eigenvalue weighted by Crippen LogP contribution is -2.08. The summed E-state index contributed by atoms with van der Waals surface area (Å²) in [6.45, 7) is 0.368. The molecule has 2 nitrogen and oxygen atoms in total. The molecule has 0 radical (unpaired) electrons. The van der Waals surface area contributed by atoms with E-state index in [-0.39, 0.29) is 5.97 Å². The van der Waals surface area contributed by atoms with Crippen LogP contribution in [0.4, 0.5) is 0 Å². The van der Waals surface area contributed by atoms with E-state index >= 15 is 0 Å². The Bertz CT molecular complexity index is 1050. The van der Waals surface area contributed by atoms with Crippen LogP contribution in [0.15, 0.2) is 97.1 Å². The third-order valence-electron chi connectivity index (χ3n) is 4.71. The van der Waals surface area contributed by atoms with Crippen molar-refractivity contribution in [2.24, 2.45) is 0 Å². The van der Waals surface area contributed by atoms with E-state index in [9.17, 15) is 4.79 Å². The number of rotatable bonds is 5. The molecule has 2 heteroatoms. The standard InChI is InChI=1S/C25H20O2/c26-25(23-15-13-20(14-16-23)19-7-2-1-3-8-19)27-18-17-22-11-6-10-21-9-4-5-12-24(21)22/h1-16H,17-18H2. The van der Waals surface area contributed by atoms with Crippen LogP contribution in [0.1, 0.15) is 15.9 Å². The van der Waals surface area contributed by atoms with Gasteiger partial charge in [-0.15, -0.1) is 0 Å². The summed E-state index contributed by atoms with van der Waals surface area (Å²) in [7, 11) is 0. The lowest BCUT2D eigenvalue weighted by molar-refractivity contribution is 0.0509. The Morgan fingerprint density at radius 1 is 0.667 bits per heavy atom. The van der Waals surface area contributed by atoms with Gasteiger partial charge in [0.2, 0.25) is 0 Å². The van der Waals surface area contributed by atoms with E-state index in [0.717, 1.165) is 11.1 Å². The van der Waals surface area contributed by atoms with Gasteiger partial charge in [-0.2, -0.15) is 0 Å². The number of carbonyl (C=O) groups excluding carboxylic acids is 1. The van der Waals surface area contributed by atoms with Crippen molar-refractivity contribution in [2.45, 2.75) is 6.42 Å². The Hall–Kier alpha value is -3.39. The zero-order valence-corrected chi connectivity index (χ0v) is 15.0. The second-order valence-corrected chi connectivity index (χ2v) is 6.47. The molecule has 0 saturated carbocycles. The summed E-state index contributed by atoms with van der Waals surface area (Å²) in [5, 5.41) is 2.42. The van der Waals surface area contributed by atoms with Gasteiger partial charge in [0.15, 0.2) is 0 Å². The molecule has 0 N–H and O–H groups in total. The van der Waals surface area contributed by atoms with Crippen molar-refractivity contribution in [3.8, 4) is 11.1 Å². The van der Waals surface area contributed by atoms with Gasteiger partial charge in [0.1, 0.15) is 0 Å². The van der Waals surface area contributed by atoms with Gasteiger partial charge in [0.25, 0.3) is 0 Å². The SMILES string of the molecule is O=C(OCCc1cccc2ccccc12)c1ccc(-c2ccccc2)cc1. The van der Waals surface area contributed by atoms with E-state index in [1.165, 1.54) is 16.3 Å². The predicted octanol–water partition coefficient (Wildman–Crippen LogP) is 5.91. The van der Waals surface area contributed by atoms with Crippen LogP contribution in [0.25, 0.3) is 21.9 Å². The molecule has 0 fully saturated rings. The van der Waals surface area contributed by atoms with Crippen LogP contribution in [0, 0.1) is 0 Å². The largest absolute Gasteiger partial charge is 0.462 e. The lowest BCUT2D eigenvalue weighted by atomic mass is 10.0. The molecular weight excluding hydrogens is 332 g/mol. The molecule has 4 aromatic carbocycles. The highest BCUT2D eigenvalue weighted by atomic mass is 16.5. The summed E-state index contributed by atoms with van der Waals surface area (Å²) in [6, 6.07) is 32.2. The molecule has 0 spiro atoms. The van der Waals surface area contributed by atoms with Crippen LogP contribution < -0.4 is 0 Å². The molecule has 0 aliphatic rings. The fourth-order valence-corrected chi connectivity index (χ4v) is 3.28. The van der Waals surface area contributed by atoms with Crippen LogP contribution in [0.5, 0.6) is 0 Å². The van der Waals surface area contributed by atoms with Gasteiger partial charge in [-0.3, -0.25) is 0 Å². The molecule has 132 valence electrons. The zero-order chi connectivity index (χ0) is 18.5. The zero-order valence-electron chi connectivity index (χ0n) is 15.0. The van der Waals surface area contributed by atoms with E-state index in [0.29, 0.717) is 18.6 Å². The van der Waals surface area contributed by atoms with Crippen molar-refractivity contribution < 1.29 is 9.53 Å². The minimum absolute atomic E-state index is 0.283. The third-order valence-corrected chi connectivity index (χ3v) is 4.71. The van der Waals surface area contributed by atoms with Gasteiger partial charge in [0.05, 0.1) is 12.2 Å². The monoisotopic (exact) mass is 352 g/mol. The van der Waals surface area contributed by atoms with Gasteiger partial charge in [0, 0.05) is 6.42 Å². The molecule has 0 aromatic heterocycles. The second-order valence-electron chi connectivity index (χ2n) is 6.47. The Morgan fingerprint density at radius 3 is 2.15 bits per heavy atom. The maximum Gasteiger partial charge on any atom is 0.338 e. The van der Waals surface area contributed by atoms with Crippen molar-refractivity contribution in [2.75, 3.05) is 6.61 Å². The van der Waals surface area contributed by atoms with E-state index in [2.05, 4.69) is 36.4 Å². The average Bonchev–Trinajstić information content (AvgIpc) is 2.74. The molecule has 0 bridgehead atoms. The van der Waals surface area contributed by atoms with Gasteiger partial charge < -0.3 is 4.74 Å². The summed E-state index contributed by atoms with van der Waals surface area (Å²) in [5.41, 5.74) is 3.99. The summed E-state index contributed by atoms with van der Waals surface area (Å²) in [6.07, 6.45) is 0.704. The van der Waals surface area contributed by atoms with Crippen molar-refractivity contribution in [3.05, 3.63) is 108 Å². The number of hydrogen-bond acceptors (Lipinski definition) is 2. The molecule has 0 atom stereocenters. The fourth-order valence-electron chi connectivity index (χ4n) is 3.28. The Kier molecular flexibility index (Phi) is 4.97. The molecule has 4 rings (SSSR count). The average molecular weight is 352 g/mol. The Balaban J connectivity index is 1.39. The number of hydrogen-bond donors (Lipinski definition) is 0. The molecule has 4 aromatic rings. The maximum atomic E-state index is 12.3. The number of fused-ring (bicyclic) bond motifs is 1. The molecule has 27 heavy (non-hydrogen) atoms. The van der Waals surface area contributed by atoms with Crippen molar-refractivity contribution in [1.82, 2.24) is 0 Å². The number of carbonyl (C=O) groups is 1. The van der Waals surface area contributed by atoms with Gasteiger partial charge in [-0.25, -0.2) is 4.79 Å². The molecule has 0 aliphatic carbocycles. The van der Waals surface area contributed by atoms with Crippen LogP contribution in [0.3, 0.4) is 0 Å². The number of ether oxygens (including phenoxy) is 1. The summed E-state index contributed by atoms with van der Waals surface area (Å²) in [4.78, 5) is 12.3. The number of esters is 1. The first kappa shape index (κ1) is 17.0. The molecular formula is C25H20O2. The molecule has 0 aliphatic heterocycles. The van der Waals surface area contributed by atoms with Crippen LogP contribution in [0.2, 0.25) is 0 Å². The first-order valence-corrected chi connectivity index (χ1v) is 9.10. The van der Waals surface area contributed by atoms with Gasteiger partial charge in [-0.05, 0) is 39.6 Å². The van der Waals surface area contributed by atoms with E-state index in [1.807, 2.05) is 60.7 Å². The summed E-state index contributed by atoms with van der Waals surface area (Å²) < 4.78 is 5.49. The molecule has 0 amide bonds. The fraction of sp³-hybridized carbons (Fsp3) is 0.0800. The smallest absolute Gasteiger partial charge is 0.338 e. The third kappa shape index (κ3) is 3.90. The lowest BCUT2D eigenvalue weighted by Gasteiger charge is -2.08. The highest BCUT2D eigenvalue weighted by molar-refractivity contribution is 5.90. The molecule has 0 saturated heterocycles. The predicted molar refractivity (Wildman–Crippen MR) is 110 cm³/mol. The quantitative estimate of drug-likeness (QED) is 0.418. The Labute approximate surface area is 159 Å². The van der Waals surface area contributed by atoms with Crippen LogP contribution in [-0.4, -0.2) is 12.6 Å². The summed E-state index contributed by atoms with van der Waals surface area (Å²) in [5.74, 6) is -0.283. The normalized spacial score (nSPS) is 10.7. The molecule has 0 heterocycles. The topological polar surface area (TPSA) is 26.3 Å². The van der Waals surface area contributed by atoms with Crippen LogP contribution >= 0.6 is 0 Å². The van der Waals surface area contributed by atoms with E-state index < -0.39 is 0 Å². The first-order chi connectivity index (χ1) is 13.3. The van der Waals surface area contributed by atoms with E-state index in [1.54, 1.807) is 0 Å². The summed E-state index contributed by atoms with van der Waals surface area (Å²) >= 11 is 0. The molecule has 0 unspecified atom stereocenters. The highest BCUT2D eigenvalue weighted by Gasteiger charge is 2.08.